The first-order valence-electron chi connectivity index (χ1n) is 20.2. The van der Waals surface area contributed by atoms with Gasteiger partial charge >= 0.3 is 11.9 Å². The molecular formula is C49H53NO9. The van der Waals surface area contributed by atoms with E-state index >= 15 is 0 Å². The molecule has 0 bridgehead atoms. The Kier molecular flexibility index (Phi) is 14.7. The third-order valence-electron chi connectivity index (χ3n) is 10.9. The summed E-state index contributed by atoms with van der Waals surface area (Å²) < 4.78 is 46.7. The predicted molar refractivity (Wildman–Crippen MR) is 222 cm³/mol. The van der Waals surface area contributed by atoms with E-state index in [9.17, 15) is 9.59 Å². The fraction of sp³-hybridized carbons (Fsp3) is 0.347. The van der Waals surface area contributed by atoms with Gasteiger partial charge in [0, 0.05) is 26.4 Å². The lowest BCUT2D eigenvalue weighted by Crippen LogP contribution is -2.77. The summed E-state index contributed by atoms with van der Waals surface area (Å²) in [5.74, 6) is -0.951. The number of likely N-dealkylation sites (tertiary alicyclic amines) is 1. The minimum Gasteiger partial charge on any atom is -0.468 e. The molecule has 2 heterocycles. The van der Waals surface area contributed by atoms with Crippen LogP contribution in [0.15, 0.2) is 152 Å². The molecule has 7 rings (SSSR count). The van der Waals surface area contributed by atoms with Gasteiger partial charge in [-0.1, -0.05) is 152 Å². The average Bonchev–Trinajstić information content (AvgIpc) is 3.26. The van der Waals surface area contributed by atoms with Crippen LogP contribution in [0.25, 0.3) is 0 Å². The molecule has 308 valence electrons. The summed E-state index contributed by atoms with van der Waals surface area (Å²) in [4.78, 5) is 29.3. The van der Waals surface area contributed by atoms with Gasteiger partial charge in [-0.15, -0.1) is 0 Å². The molecule has 10 nitrogen and oxygen atoms in total. The Morgan fingerprint density at radius 1 is 0.627 bits per heavy atom. The molecule has 0 radical (unpaired) electrons. The van der Waals surface area contributed by atoms with E-state index in [2.05, 4.69) is 0 Å². The summed E-state index contributed by atoms with van der Waals surface area (Å²) in [7, 11) is 1.38. The Morgan fingerprint density at radius 2 is 1.08 bits per heavy atom. The number of hydrogen-bond acceptors (Lipinski definition) is 10. The number of carbonyl (C=O) groups excluding carboxylic acids is 2. The van der Waals surface area contributed by atoms with Crippen LogP contribution in [0.4, 0.5) is 0 Å². The number of hydrogen-bond donors (Lipinski definition) is 0. The second-order valence-corrected chi connectivity index (χ2v) is 15.1. The Hall–Kier alpha value is -5.20. The van der Waals surface area contributed by atoms with Crippen molar-refractivity contribution in [3.8, 4) is 0 Å². The Labute approximate surface area is 346 Å². The first kappa shape index (κ1) is 41.9. The van der Waals surface area contributed by atoms with Crippen LogP contribution in [-0.4, -0.2) is 79.3 Å². The van der Waals surface area contributed by atoms with E-state index in [4.69, 9.17) is 33.2 Å². The standard InChI is InChI=1S/C49H53NO9/c1-36(51)58-42-28-49(46(48(52)53-2)50(30-42)29-37-18-8-3-9-19-37)47(57-34-41-26-16-7-17-27-41)45(56-33-40-24-14-6-15-25-40)44(55-32-39-22-12-5-13-23-39)43(59-49)35-54-31-38-20-10-4-11-21-38/h3-27,42-47H,28-35H2,1-2H3/t42-,43?,44-,45+,46+,47?,49-/m0/s1. The minimum atomic E-state index is -1.50. The van der Waals surface area contributed by atoms with Crippen molar-refractivity contribution in [2.75, 3.05) is 20.3 Å². The summed E-state index contributed by atoms with van der Waals surface area (Å²) in [6, 6.07) is 48.4. The van der Waals surface area contributed by atoms with E-state index in [1.54, 1.807) is 0 Å². The molecule has 2 aliphatic heterocycles. The van der Waals surface area contributed by atoms with E-state index < -0.39 is 54.1 Å². The van der Waals surface area contributed by atoms with Gasteiger partial charge in [0.1, 0.15) is 42.2 Å². The number of esters is 2. The molecule has 2 fully saturated rings. The zero-order valence-corrected chi connectivity index (χ0v) is 33.7. The first-order chi connectivity index (χ1) is 28.9. The fourth-order valence-electron chi connectivity index (χ4n) is 8.33. The maximum Gasteiger partial charge on any atom is 0.326 e. The monoisotopic (exact) mass is 799 g/mol. The van der Waals surface area contributed by atoms with E-state index in [1.165, 1.54) is 14.0 Å². The molecule has 10 heteroatoms. The number of nitrogens with zero attached hydrogens (tertiary/aromatic N) is 1. The highest BCUT2D eigenvalue weighted by molar-refractivity contribution is 5.78. The first-order valence-corrected chi connectivity index (χ1v) is 20.2. The topological polar surface area (TPSA) is 102 Å². The largest absolute Gasteiger partial charge is 0.468 e. The zero-order valence-electron chi connectivity index (χ0n) is 33.7. The summed E-state index contributed by atoms with van der Waals surface area (Å²) >= 11 is 0. The number of carbonyl (C=O) groups is 2. The van der Waals surface area contributed by atoms with Crippen molar-refractivity contribution in [2.24, 2.45) is 0 Å². The molecule has 5 aromatic carbocycles. The number of rotatable bonds is 17. The second kappa shape index (κ2) is 20.7. The lowest BCUT2D eigenvalue weighted by molar-refractivity contribution is -0.332. The van der Waals surface area contributed by atoms with Crippen molar-refractivity contribution in [1.29, 1.82) is 0 Å². The van der Waals surface area contributed by atoms with Crippen LogP contribution < -0.4 is 0 Å². The summed E-state index contributed by atoms with van der Waals surface area (Å²) in [6.45, 7) is 3.05. The van der Waals surface area contributed by atoms with Crippen LogP contribution in [0.1, 0.15) is 41.2 Å². The van der Waals surface area contributed by atoms with Gasteiger partial charge in [-0.2, -0.15) is 0 Å². The molecular weight excluding hydrogens is 747 g/mol. The molecule has 0 amide bonds. The molecule has 0 aromatic heterocycles. The zero-order chi connectivity index (χ0) is 40.9. The molecule has 59 heavy (non-hydrogen) atoms. The van der Waals surface area contributed by atoms with E-state index in [0.717, 1.165) is 27.8 Å². The second-order valence-electron chi connectivity index (χ2n) is 15.1. The third kappa shape index (κ3) is 10.9. The van der Waals surface area contributed by atoms with Gasteiger partial charge in [0.15, 0.2) is 0 Å². The van der Waals surface area contributed by atoms with Crippen LogP contribution in [0.5, 0.6) is 0 Å². The van der Waals surface area contributed by atoms with Gasteiger partial charge < -0.3 is 33.2 Å². The lowest BCUT2D eigenvalue weighted by Gasteiger charge is -2.59. The van der Waals surface area contributed by atoms with Gasteiger partial charge in [-0.25, -0.2) is 0 Å². The third-order valence-corrected chi connectivity index (χ3v) is 10.9. The minimum absolute atomic E-state index is 0.0948. The predicted octanol–water partition coefficient (Wildman–Crippen LogP) is 7.48. The van der Waals surface area contributed by atoms with Crippen molar-refractivity contribution < 1.29 is 42.7 Å². The summed E-state index contributed by atoms with van der Waals surface area (Å²) in [6.07, 6.45) is -3.84. The Morgan fingerprint density at radius 3 is 1.58 bits per heavy atom. The fourth-order valence-corrected chi connectivity index (χ4v) is 8.33. The van der Waals surface area contributed by atoms with Gasteiger partial charge in [-0.05, 0) is 27.8 Å². The van der Waals surface area contributed by atoms with Crippen molar-refractivity contribution in [3.63, 3.8) is 0 Å². The molecule has 7 atom stereocenters. The SMILES string of the molecule is COC(=O)[C@H]1N(Cc2ccccc2)C[C@@H](OC(C)=O)C[C@]12OC(COCc1ccccc1)[C@H](OCc1ccccc1)[C@@H](OCc1ccccc1)C2OCc1ccccc1. The Balaban J connectivity index is 1.37. The van der Waals surface area contributed by atoms with Crippen LogP contribution in [0.2, 0.25) is 0 Å². The summed E-state index contributed by atoms with van der Waals surface area (Å²) in [5.41, 5.74) is 3.29. The maximum absolute atomic E-state index is 14.6. The van der Waals surface area contributed by atoms with Crippen LogP contribution in [-0.2, 0) is 75.7 Å². The molecule has 1 spiro atoms. The molecule has 5 aromatic rings. The molecule has 0 saturated carbocycles. The quantitative estimate of drug-likeness (QED) is 0.0881. The lowest BCUT2D eigenvalue weighted by atomic mass is 9.72. The van der Waals surface area contributed by atoms with Gasteiger partial charge in [0.25, 0.3) is 0 Å². The van der Waals surface area contributed by atoms with E-state index in [1.807, 2.05) is 157 Å². The Bertz CT molecular complexity index is 2020. The maximum atomic E-state index is 14.6. The number of methoxy groups -OCH3 is 1. The molecule has 2 aliphatic rings. The molecule has 0 aliphatic carbocycles. The highest BCUT2D eigenvalue weighted by Gasteiger charge is 2.66. The highest BCUT2D eigenvalue weighted by Crippen LogP contribution is 2.46. The van der Waals surface area contributed by atoms with Crippen molar-refractivity contribution in [2.45, 2.75) is 88.5 Å². The molecule has 0 N–H and O–H groups in total. The van der Waals surface area contributed by atoms with Crippen molar-refractivity contribution >= 4 is 11.9 Å². The van der Waals surface area contributed by atoms with Crippen LogP contribution in [0.3, 0.4) is 0 Å². The number of piperidine rings is 1. The van der Waals surface area contributed by atoms with Crippen LogP contribution >= 0.6 is 0 Å². The number of ether oxygens (including phenoxy) is 7. The highest BCUT2D eigenvalue weighted by atomic mass is 16.6. The van der Waals surface area contributed by atoms with Gasteiger partial charge in [0.2, 0.25) is 0 Å². The van der Waals surface area contributed by atoms with E-state index in [-0.39, 0.29) is 39.4 Å². The van der Waals surface area contributed by atoms with Crippen molar-refractivity contribution in [3.05, 3.63) is 179 Å². The van der Waals surface area contributed by atoms with Gasteiger partial charge in [0.05, 0.1) is 40.1 Å². The molecule has 2 unspecified atom stereocenters. The smallest absolute Gasteiger partial charge is 0.326 e. The van der Waals surface area contributed by atoms with Crippen molar-refractivity contribution in [1.82, 2.24) is 4.90 Å². The average molecular weight is 800 g/mol. The molecule has 2 saturated heterocycles. The normalized spacial score (nSPS) is 24.4. The van der Waals surface area contributed by atoms with E-state index in [0.29, 0.717) is 13.2 Å². The summed E-state index contributed by atoms with van der Waals surface area (Å²) in [5, 5.41) is 0. The number of benzene rings is 5. The van der Waals surface area contributed by atoms with Crippen LogP contribution in [0, 0.1) is 0 Å². The van der Waals surface area contributed by atoms with Gasteiger partial charge in [-0.3, -0.25) is 14.5 Å².